The maximum absolute atomic E-state index is 12.8. The summed E-state index contributed by atoms with van der Waals surface area (Å²) in [5.41, 5.74) is 6.37. The number of nitrogens with one attached hydrogen (secondary N) is 1. The predicted molar refractivity (Wildman–Crippen MR) is 73.5 cm³/mol. The number of nitrogens with two attached hydrogens (primary N) is 1. The van der Waals surface area contributed by atoms with Gasteiger partial charge in [-0.25, -0.2) is 0 Å². The molecule has 1 heterocycles. The standard InChI is InChI=1S/C13H15ClF3N3/c14-10-6-8(12(18)19)3-4-11(10)20-5-1-2-9(7-20)13(15,16)17/h3-4,6,9H,1-2,5,7H2,(H3,18,19). The highest BCUT2D eigenvalue weighted by Crippen LogP contribution is 2.36. The first kappa shape index (κ1) is 15.0. The molecular weight excluding hydrogens is 291 g/mol. The number of hydrogen-bond donors (Lipinski definition) is 2. The summed E-state index contributed by atoms with van der Waals surface area (Å²) in [6, 6.07) is 4.73. The fourth-order valence-corrected chi connectivity index (χ4v) is 2.69. The molecule has 2 rings (SSSR count). The number of nitrogen functional groups attached to an aromatic ring is 1. The van der Waals surface area contributed by atoms with Crippen molar-refractivity contribution in [3.63, 3.8) is 0 Å². The van der Waals surface area contributed by atoms with E-state index in [1.54, 1.807) is 17.0 Å². The molecule has 1 aliphatic rings. The molecule has 110 valence electrons. The zero-order chi connectivity index (χ0) is 14.9. The lowest BCUT2D eigenvalue weighted by atomic mass is 9.97. The Morgan fingerprint density at radius 2 is 2.10 bits per heavy atom. The van der Waals surface area contributed by atoms with Crippen LogP contribution in [0.25, 0.3) is 0 Å². The Bertz CT molecular complexity index is 516. The fraction of sp³-hybridized carbons (Fsp3) is 0.462. The second kappa shape index (κ2) is 5.52. The Morgan fingerprint density at radius 3 is 2.65 bits per heavy atom. The lowest BCUT2D eigenvalue weighted by Crippen LogP contribution is -2.41. The second-order valence-electron chi connectivity index (χ2n) is 4.91. The second-order valence-corrected chi connectivity index (χ2v) is 5.31. The molecule has 1 saturated heterocycles. The van der Waals surface area contributed by atoms with E-state index in [0.29, 0.717) is 29.2 Å². The van der Waals surface area contributed by atoms with E-state index in [-0.39, 0.29) is 18.8 Å². The SMILES string of the molecule is N=C(N)c1ccc(N2CCCC(C(F)(F)F)C2)c(Cl)c1. The summed E-state index contributed by atoms with van der Waals surface area (Å²) in [7, 11) is 0. The van der Waals surface area contributed by atoms with E-state index in [2.05, 4.69) is 0 Å². The molecule has 1 fully saturated rings. The van der Waals surface area contributed by atoms with Crippen molar-refractivity contribution < 1.29 is 13.2 Å². The smallest absolute Gasteiger partial charge is 0.384 e. The zero-order valence-electron chi connectivity index (χ0n) is 10.7. The Kier molecular flexibility index (Phi) is 4.13. The molecule has 0 saturated carbocycles. The topological polar surface area (TPSA) is 53.1 Å². The molecule has 1 atom stereocenters. The van der Waals surface area contributed by atoms with Crippen molar-refractivity contribution in [1.82, 2.24) is 0 Å². The number of amidine groups is 1. The van der Waals surface area contributed by atoms with E-state index >= 15 is 0 Å². The molecule has 3 N–H and O–H groups in total. The summed E-state index contributed by atoms with van der Waals surface area (Å²) in [5, 5.41) is 7.64. The van der Waals surface area contributed by atoms with Gasteiger partial charge < -0.3 is 10.6 Å². The average Bonchev–Trinajstić information content (AvgIpc) is 2.37. The van der Waals surface area contributed by atoms with Crippen LogP contribution in [0, 0.1) is 11.3 Å². The van der Waals surface area contributed by atoms with E-state index in [1.807, 2.05) is 0 Å². The van der Waals surface area contributed by atoms with Gasteiger partial charge in [-0.3, -0.25) is 5.41 Å². The van der Waals surface area contributed by atoms with Gasteiger partial charge in [-0.15, -0.1) is 0 Å². The van der Waals surface area contributed by atoms with Crippen LogP contribution in [-0.4, -0.2) is 25.1 Å². The average molecular weight is 306 g/mol. The van der Waals surface area contributed by atoms with Crippen LogP contribution in [0.5, 0.6) is 0 Å². The van der Waals surface area contributed by atoms with Gasteiger partial charge in [0.05, 0.1) is 16.6 Å². The minimum atomic E-state index is -4.18. The molecule has 1 aliphatic heterocycles. The minimum absolute atomic E-state index is 0.0807. The summed E-state index contributed by atoms with van der Waals surface area (Å²) in [6.07, 6.45) is -3.54. The molecule has 0 spiro atoms. The molecule has 1 aromatic rings. The van der Waals surface area contributed by atoms with E-state index < -0.39 is 12.1 Å². The van der Waals surface area contributed by atoms with Crippen molar-refractivity contribution in [3.05, 3.63) is 28.8 Å². The highest BCUT2D eigenvalue weighted by atomic mass is 35.5. The molecule has 20 heavy (non-hydrogen) atoms. The normalized spacial score (nSPS) is 20.0. The third kappa shape index (κ3) is 3.17. The van der Waals surface area contributed by atoms with Crippen LogP contribution in [0.4, 0.5) is 18.9 Å². The molecule has 0 aromatic heterocycles. The zero-order valence-corrected chi connectivity index (χ0v) is 11.4. The van der Waals surface area contributed by atoms with Gasteiger partial charge in [-0.2, -0.15) is 13.2 Å². The maximum atomic E-state index is 12.8. The largest absolute Gasteiger partial charge is 0.393 e. The summed E-state index contributed by atoms with van der Waals surface area (Å²) in [6.45, 7) is 0.467. The van der Waals surface area contributed by atoms with E-state index in [0.717, 1.165) is 0 Å². The summed E-state index contributed by atoms with van der Waals surface area (Å²) in [5.74, 6) is -1.44. The van der Waals surface area contributed by atoms with Crippen LogP contribution in [0.1, 0.15) is 18.4 Å². The van der Waals surface area contributed by atoms with E-state index in [1.165, 1.54) is 6.07 Å². The Labute approximate surface area is 120 Å². The van der Waals surface area contributed by atoms with Gasteiger partial charge in [0, 0.05) is 18.7 Å². The molecular formula is C13H15ClF3N3. The molecule has 1 unspecified atom stereocenters. The van der Waals surface area contributed by atoms with Gasteiger partial charge in [-0.1, -0.05) is 11.6 Å². The first-order chi connectivity index (χ1) is 9.29. The summed E-state index contributed by atoms with van der Waals surface area (Å²) < 4.78 is 38.4. The van der Waals surface area contributed by atoms with Gasteiger partial charge in [0.25, 0.3) is 0 Å². The molecule has 7 heteroatoms. The van der Waals surface area contributed by atoms with Crippen molar-refractivity contribution in [3.8, 4) is 0 Å². The van der Waals surface area contributed by atoms with Crippen LogP contribution in [0.15, 0.2) is 18.2 Å². The number of nitrogens with zero attached hydrogens (tertiary/aromatic N) is 1. The molecule has 1 aromatic carbocycles. The summed E-state index contributed by atoms with van der Waals surface area (Å²) >= 11 is 6.09. The lowest BCUT2D eigenvalue weighted by molar-refractivity contribution is -0.175. The summed E-state index contributed by atoms with van der Waals surface area (Å²) in [4.78, 5) is 1.65. The quantitative estimate of drug-likeness (QED) is 0.650. The molecule has 0 aliphatic carbocycles. The van der Waals surface area contributed by atoms with Crippen molar-refractivity contribution in [1.29, 1.82) is 5.41 Å². The van der Waals surface area contributed by atoms with Gasteiger partial charge >= 0.3 is 6.18 Å². The number of alkyl halides is 3. The van der Waals surface area contributed by atoms with Crippen molar-refractivity contribution in [2.45, 2.75) is 19.0 Å². The minimum Gasteiger partial charge on any atom is -0.384 e. The lowest BCUT2D eigenvalue weighted by Gasteiger charge is -2.35. The first-order valence-electron chi connectivity index (χ1n) is 6.24. The van der Waals surface area contributed by atoms with Gasteiger partial charge in [0.1, 0.15) is 5.84 Å². The van der Waals surface area contributed by atoms with Crippen molar-refractivity contribution in [2.24, 2.45) is 11.7 Å². The van der Waals surface area contributed by atoms with Gasteiger partial charge in [0.15, 0.2) is 0 Å². The van der Waals surface area contributed by atoms with Crippen LogP contribution >= 0.6 is 11.6 Å². The number of hydrogen-bond acceptors (Lipinski definition) is 2. The highest BCUT2D eigenvalue weighted by Gasteiger charge is 2.42. The van der Waals surface area contributed by atoms with E-state index in [4.69, 9.17) is 22.7 Å². The number of rotatable bonds is 2. The van der Waals surface area contributed by atoms with Crippen LogP contribution in [-0.2, 0) is 0 Å². The maximum Gasteiger partial charge on any atom is 0.393 e. The molecule has 0 bridgehead atoms. The number of halogens is 4. The predicted octanol–water partition coefficient (Wildman–Crippen LogP) is 3.40. The third-order valence-corrected chi connectivity index (χ3v) is 3.79. The fourth-order valence-electron chi connectivity index (χ4n) is 2.39. The number of anilines is 1. The highest BCUT2D eigenvalue weighted by molar-refractivity contribution is 6.33. The van der Waals surface area contributed by atoms with E-state index in [9.17, 15) is 13.2 Å². The Morgan fingerprint density at radius 1 is 1.40 bits per heavy atom. The number of benzene rings is 1. The molecule has 0 amide bonds. The Hall–Kier alpha value is -1.43. The van der Waals surface area contributed by atoms with Crippen LogP contribution < -0.4 is 10.6 Å². The van der Waals surface area contributed by atoms with Gasteiger partial charge in [-0.05, 0) is 31.0 Å². The molecule has 0 radical (unpaired) electrons. The molecule has 3 nitrogen and oxygen atoms in total. The van der Waals surface area contributed by atoms with Crippen molar-refractivity contribution in [2.75, 3.05) is 18.0 Å². The van der Waals surface area contributed by atoms with Gasteiger partial charge in [0.2, 0.25) is 0 Å². The monoisotopic (exact) mass is 305 g/mol. The number of piperidine rings is 1. The first-order valence-corrected chi connectivity index (χ1v) is 6.62. The van der Waals surface area contributed by atoms with Crippen LogP contribution in [0.3, 0.4) is 0 Å². The van der Waals surface area contributed by atoms with Crippen LogP contribution in [0.2, 0.25) is 5.02 Å². The third-order valence-electron chi connectivity index (χ3n) is 3.48. The Balaban J connectivity index is 2.21. The van der Waals surface area contributed by atoms with Crippen molar-refractivity contribution >= 4 is 23.1 Å².